The van der Waals surface area contributed by atoms with Crippen molar-refractivity contribution < 1.29 is 31.5 Å². The molecule has 1 aromatic carbocycles. The Morgan fingerprint density at radius 1 is 1.17 bits per heavy atom. The SMILES string of the molecule is CC1c2nnc(C(F)(F)F)n2CCN1C(=O)c1ccc(COc2ccc(F)cc2)o1. The van der Waals surface area contributed by atoms with Crippen LogP contribution in [0.25, 0.3) is 0 Å². The Hall–Kier alpha value is -3.37. The van der Waals surface area contributed by atoms with Gasteiger partial charge in [-0.1, -0.05) is 0 Å². The van der Waals surface area contributed by atoms with Gasteiger partial charge in [0.05, 0.1) is 6.04 Å². The summed E-state index contributed by atoms with van der Waals surface area (Å²) in [5.41, 5.74) is 0. The molecule has 0 saturated heterocycles. The number of hydrogen-bond donors (Lipinski definition) is 0. The van der Waals surface area contributed by atoms with E-state index in [1.54, 1.807) is 13.0 Å². The lowest BCUT2D eigenvalue weighted by Crippen LogP contribution is -2.41. The number of carbonyl (C=O) groups is 1. The van der Waals surface area contributed by atoms with E-state index >= 15 is 0 Å². The van der Waals surface area contributed by atoms with Crippen LogP contribution in [-0.4, -0.2) is 32.1 Å². The third-order valence-corrected chi connectivity index (χ3v) is 4.77. The monoisotopic (exact) mass is 424 g/mol. The van der Waals surface area contributed by atoms with Gasteiger partial charge in [-0.05, 0) is 43.3 Å². The molecule has 11 heteroatoms. The summed E-state index contributed by atoms with van der Waals surface area (Å²) in [6.07, 6.45) is -4.61. The Labute approximate surface area is 167 Å². The van der Waals surface area contributed by atoms with Crippen LogP contribution >= 0.6 is 0 Å². The second-order valence-electron chi connectivity index (χ2n) is 6.71. The van der Waals surface area contributed by atoms with Gasteiger partial charge >= 0.3 is 6.18 Å². The van der Waals surface area contributed by atoms with Crippen molar-refractivity contribution in [3.63, 3.8) is 0 Å². The molecule has 1 amide bonds. The van der Waals surface area contributed by atoms with E-state index in [9.17, 15) is 22.4 Å². The minimum atomic E-state index is -4.61. The van der Waals surface area contributed by atoms with Crippen LogP contribution in [0.1, 0.15) is 40.9 Å². The van der Waals surface area contributed by atoms with Crippen molar-refractivity contribution in [1.82, 2.24) is 19.7 Å². The molecule has 0 aliphatic carbocycles. The predicted molar refractivity (Wildman–Crippen MR) is 93.9 cm³/mol. The van der Waals surface area contributed by atoms with Crippen LogP contribution in [0.5, 0.6) is 5.75 Å². The summed E-state index contributed by atoms with van der Waals surface area (Å²) in [7, 11) is 0. The Morgan fingerprint density at radius 3 is 2.60 bits per heavy atom. The second kappa shape index (κ2) is 7.47. The van der Waals surface area contributed by atoms with Crippen LogP contribution in [0.15, 0.2) is 40.8 Å². The van der Waals surface area contributed by atoms with Crippen molar-refractivity contribution in [3.8, 4) is 5.75 Å². The zero-order chi connectivity index (χ0) is 21.5. The number of furan rings is 1. The number of benzene rings is 1. The summed E-state index contributed by atoms with van der Waals surface area (Å²) in [6.45, 7) is 1.59. The molecule has 158 valence electrons. The molecule has 1 unspecified atom stereocenters. The fourth-order valence-electron chi connectivity index (χ4n) is 3.27. The van der Waals surface area contributed by atoms with E-state index in [1.807, 2.05) is 0 Å². The van der Waals surface area contributed by atoms with E-state index in [0.29, 0.717) is 11.5 Å². The van der Waals surface area contributed by atoms with Gasteiger partial charge in [-0.3, -0.25) is 4.79 Å². The van der Waals surface area contributed by atoms with E-state index in [0.717, 1.165) is 4.57 Å². The summed E-state index contributed by atoms with van der Waals surface area (Å²) in [5.74, 6) is -1.04. The topological polar surface area (TPSA) is 73.4 Å². The lowest BCUT2D eigenvalue weighted by molar-refractivity contribution is -0.148. The average Bonchev–Trinajstić information content (AvgIpc) is 3.35. The molecule has 0 N–H and O–H groups in total. The fraction of sp³-hybridized carbons (Fsp3) is 0.316. The van der Waals surface area contributed by atoms with E-state index < -0.39 is 23.9 Å². The van der Waals surface area contributed by atoms with Gasteiger partial charge in [0.2, 0.25) is 5.82 Å². The number of halogens is 4. The summed E-state index contributed by atoms with van der Waals surface area (Å²) >= 11 is 0. The van der Waals surface area contributed by atoms with Gasteiger partial charge in [0, 0.05) is 13.1 Å². The number of fused-ring (bicyclic) bond motifs is 1. The third kappa shape index (κ3) is 3.74. The molecular formula is C19H16F4N4O3. The summed E-state index contributed by atoms with van der Waals surface area (Å²) in [5, 5.41) is 6.86. The van der Waals surface area contributed by atoms with E-state index in [2.05, 4.69) is 10.2 Å². The minimum Gasteiger partial charge on any atom is -0.486 e. The van der Waals surface area contributed by atoms with Gasteiger partial charge in [0.1, 0.15) is 23.9 Å². The van der Waals surface area contributed by atoms with Gasteiger partial charge < -0.3 is 18.6 Å². The molecule has 4 rings (SSSR count). The first-order valence-corrected chi connectivity index (χ1v) is 9.02. The van der Waals surface area contributed by atoms with Crippen molar-refractivity contribution in [2.24, 2.45) is 0 Å². The Kier molecular flexibility index (Phi) is 4.96. The molecule has 7 nitrogen and oxygen atoms in total. The van der Waals surface area contributed by atoms with Crippen LogP contribution in [0.3, 0.4) is 0 Å². The maximum atomic E-state index is 13.0. The standard InChI is InChI=1S/C19H16F4N4O3/c1-11-16-24-25-18(19(21,22)23)27(16)9-8-26(11)17(28)15-7-6-14(30-15)10-29-13-4-2-12(20)3-5-13/h2-7,11H,8-10H2,1H3. The van der Waals surface area contributed by atoms with Crippen molar-refractivity contribution in [1.29, 1.82) is 0 Å². The maximum absolute atomic E-state index is 13.0. The van der Waals surface area contributed by atoms with Crippen LogP contribution in [0.2, 0.25) is 0 Å². The highest BCUT2D eigenvalue weighted by molar-refractivity contribution is 5.91. The summed E-state index contributed by atoms with van der Waals surface area (Å²) in [6, 6.07) is 7.77. The molecule has 1 aliphatic heterocycles. The normalized spacial score (nSPS) is 16.4. The number of amides is 1. The molecule has 3 aromatic rings. The molecule has 0 bridgehead atoms. The molecule has 30 heavy (non-hydrogen) atoms. The van der Waals surface area contributed by atoms with Crippen LogP contribution < -0.4 is 4.74 Å². The summed E-state index contributed by atoms with van der Waals surface area (Å²) in [4.78, 5) is 14.2. The van der Waals surface area contributed by atoms with Gasteiger partial charge in [-0.2, -0.15) is 13.2 Å². The highest BCUT2D eigenvalue weighted by Crippen LogP contribution is 2.33. The number of ether oxygens (including phenoxy) is 1. The number of carbonyl (C=O) groups excluding carboxylic acids is 1. The molecule has 0 fully saturated rings. The first-order chi connectivity index (χ1) is 14.2. The van der Waals surface area contributed by atoms with Gasteiger partial charge in [0.15, 0.2) is 11.6 Å². The van der Waals surface area contributed by atoms with E-state index in [4.69, 9.17) is 9.15 Å². The van der Waals surface area contributed by atoms with Gasteiger partial charge in [-0.25, -0.2) is 4.39 Å². The highest BCUT2D eigenvalue weighted by Gasteiger charge is 2.42. The van der Waals surface area contributed by atoms with Gasteiger partial charge in [0.25, 0.3) is 5.91 Å². The fourth-order valence-corrected chi connectivity index (χ4v) is 3.27. The molecular weight excluding hydrogens is 408 g/mol. The van der Waals surface area contributed by atoms with Crippen LogP contribution in [0.4, 0.5) is 17.6 Å². The predicted octanol–water partition coefficient (Wildman–Crippen LogP) is 3.83. The molecule has 3 heterocycles. The molecule has 0 spiro atoms. The van der Waals surface area contributed by atoms with E-state index in [-0.39, 0.29) is 37.1 Å². The summed E-state index contributed by atoms with van der Waals surface area (Å²) < 4.78 is 64.0. The molecule has 0 radical (unpaired) electrons. The smallest absolute Gasteiger partial charge is 0.451 e. The zero-order valence-corrected chi connectivity index (χ0v) is 15.7. The Bertz CT molecular complexity index is 1060. The first-order valence-electron chi connectivity index (χ1n) is 9.02. The van der Waals surface area contributed by atoms with Crippen molar-refractivity contribution in [3.05, 3.63) is 65.4 Å². The van der Waals surface area contributed by atoms with Crippen molar-refractivity contribution in [2.45, 2.75) is 32.3 Å². The minimum absolute atomic E-state index is 0.0255. The average molecular weight is 424 g/mol. The molecule has 1 aliphatic rings. The Morgan fingerprint density at radius 2 is 1.90 bits per heavy atom. The highest BCUT2D eigenvalue weighted by atomic mass is 19.4. The van der Waals surface area contributed by atoms with Crippen LogP contribution in [-0.2, 0) is 19.3 Å². The van der Waals surface area contributed by atoms with E-state index in [1.165, 1.54) is 35.2 Å². The second-order valence-corrected chi connectivity index (χ2v) is 6.71. The zero-order valence-electron chi connectivity index (χ0n) is 15.7. The van der Waals surface area contributed by atoms with Crippen LogP contribution in [0, 0.1) is 5.82 Å². The maximum Gasteiger partial charge on any atom is 0.451 e. The number of rotatable bonds is 4. The lowest BCUT2D eigenvalue weighted by Gasteiger charge is -2.33. The van der Waals surface area contributed by atoms with Crippen molar-refractivity contribution in [2.75, 3.05) is 6.54 Å². The molecule has 0 saturated carbocycles. The number of nitrogens with zero attached hydrogens (tertiary/aromatic N) is 4. The first kappa shape index (κ1) is 19.9. The number of hydrogen-bond acceptors (Lipinski definition) is 5. The quantitative estimate of drug-likeness (QED) is 0.596. The Balaban J connectivity index is 1.45. The largest absolute Gasteiger partial charge is 0.486 e. The molecule has 2 aromatic heterocycles. The number of alkyl halides is 3. The third-order valence-electron chi connectivity index (χ3n) is 4.77. The van der Waals surface area contributed by atoms with Crippen molar-refractivity contribution >= 4 is 5.91 Å². The van der Waals surface area contributed by atoms with Gasteiger partial charge in [-0.15, -0.1) is 10.2 Å². The lowest BCUT2D eigenvalue weighted by atomic mass is 10.2. The number of aromatic nitrogens is 3. The molecule has 1 atom stereocenters.